The molecule has 1 aromatic heterocycles. The number of anilines is 2. The number of amides is 1. The highest BCUT2D eigenvalue weighted by Crippen LogP contribution is 2.34. The Morgan fingerprint density at radius 1 is 1.24 bits per heavy atom. The second-order valence-corrected chi connectivity index (χ2v) is 6.56. The molecule has 1 amide bonds. The van der Waals surface area contributed by atoms with Gasteiger partial charge in [0.15, 0.2) is 0 Å². The van der Waals surface area contributed by atoms with E-state index in [1.165, 1.54) is 0 Å². The second kappa shape index (κ2) is 7.36. The number of carbonyl (C=O) groups is 1. The molecular formula is C19H19N3O2S. The van der Waals surface area contributed by atoms with Gasteiger partial charge in [0.05, 0.1) is 11.5 Å². The molecular weight excluding hydrogens is 334 g/mol. The maximum Gasteiger partial charge on any atom is 0.411 e. The van der Waals surface area contributed by atoms with E-state index >= 15 is 0 Å². The quantitative estimate of drug-likeness (QED) is 0.652. The number of nitrogens with two attached hydrogens (primary N) is 1. The van der Waals surface area contributed by atoms with Crippen molar-refractivity contribution in [2.45, 2.75) is 13.8 Å². The first-order valence-electron chi connectivity index (χ1n) is 7.93. The molecule has 0 unspecified atom stereocenters. The molecule has 2 aromatic carbocycles. The number of rotatable bonds is 4. The van der Waals surface area contributed by atoms with Crippen molar-refractivity contribution in [1.82, 2.24) is 4.98 Å². The lowest BCUT2D eigenvalue weighted by Crippen LogP contribution is -2.13. The van der Waals surface area contributed by atoms with Crippen molar-refractivity contribution >= 4 is 28.8 Å². The first-order valence-corrected chi connectivity index (χ1v) is 8.75. The third kappa shape index (κ3) is 3.97. The first kappa shape index (κ1) is 17.0. The van der Waals surface area contributed by atoms with Crippen molar-refractivity contribution in [2.24, 2.45) is 0 Å². The van der Waals surface area contributed by atoms with Crippen LogP contribution in [0.3, 0.4) is 0 Å². The van der Waals surface area contributed by atoms with E-state index in [0.29, 0.717) is 12.3 Å². The van der Waals surface area contributed by atoms with E-state index in [-0.39, 0.29) is 0 Å². The lowest BCUT2D eigenvalue weighted by Gasteiger charge is -2.08. The van der Waals surface area contributed by atoms with Crippen molar-refractivity contribution in [1.29, 1.82) is 0 Å². The Labute approximate surface area is 150 Å². The molecule has 0 bridgehead atoms. The topological polar surface area (TPSA) is 77.2 Å². The fraction of sp³-hybridized carbons (Fsp3) is 0.158. The smallest absolute Gasteiger partial charge is 0.411 e. The van der Waals surface area contributed by atoms with E-state index in [9.17, 15) is 4.79 Å². The molecule has 0 saturated carbocycles. The summed E-state index contributed by atoms with van der Waals surface area (Å²) in [5.41, 5.74) is 10.4. The number of nitrogen functional groups attached to an aromatic ring is 1. The normalized spacial score (nSPS) is 10.5. The summed E-state index contributed by atoms with van der Waals surface area (Å²) in [6, 6.07) is 13.5. The van der Waals surface area contributed by atoms with Gasteiger partial charge in [0.2, 0.25) is 0 Å². The second-order valence-electron chi connectivity index (χ2n) is 5.53. The van der Waals surface area contributed by atoms with Crippen molar-refractivity contribution < 1.29 is 9.53 Å². The third-order valence-electron chi connectivity index (χ3n) is 3.68. The van der Waals surface area contributed by atoms with Gasteiger partial charge >= 0.3 is 6.09 Å². The lowest BCUT2D eigenvalue weighted by atomic mass is 10.1. The Kier molecular flexibility index (Phi) is 5.00. The maximum atomic E-state index is 11.5. The number of nitrogens with zero attached hydrogens (tertiary/aromatic N) is 1. The van der Waals surface area contributed by atoms with E-state index in [1.54, 1.807) is 18.3 Å². The highest BCUT2D eigenvalue weighted by molar-refractivity contribution is 7.18. The minimum Gasteiger partial charge on any atom is -0.450 e. The Balaban J connectivity index is 1.82. The fourth-order valence-electron chi connectivity index (χ4n) is 2.46. The number of aromatic nitrogens is 1. The van der Waals surface area contributed by atoms with Crippen LogP contribution in [-0.2, 0) is 4.74 Å². The standard InChI is InChI=1S/C19H19N3O2S/c1-3-24-19(23)22-15-8-9-16(12(2)10-15)17-11-21-18(25-17)13-4-6-14(20)7-5-13/h4-11H,3,20H2,1-2H3,(H,22,23). The number of ether oxygens (including phenoxy) is 1. The third-order valence-corrected chi connectivity index (χ3v) is 4.76. The summed E-state index contributed by atoms with van der Waals surface area (Å²) in [5, 5.41) is 3.66. The molecule has 0 aliphatic rings. The largest absolute Gasteiger partial charge is 0.450 e. The highest BCUT2D eigenvalue weighted by atomic mass is 32.1. The van der Waals surface area contributed by atoms with Gasteiger partial charge in [0, 0.05) is 23.1 Å². The van der Waals surface area contributed by atoms with Crippen LogP contribution in [-0.4, -0.2) is 17.7 Å². The summed E-state index contributed by atoms with van der Waals surface area (Å²) in [5.74, 6) is 0. The molecule has 6 heteroatoms. The molecule has 25 heavy (non-hydrogen) atoms. The molecule has 0 saturated heterocycles. The molecule has 5 nitrogen and oxygen atoms in total. The van der Waals surface area contributed by atoms with E-state index in [1.807, 2.05) is 55.6 Å². The van der Waals surface area contributed by atoms with Gasteiger partial charge in [-0.1, -0.05) is 6.07 Å². The van der Waals surface area contributed by atoms with E-state index in [0.717, 1.165) is 32.3 Å². The first-order chi connectivity index (χ1) is 12.1. The SMILES string of the molecule is CCOC(=O)Nc1ccc(-c2cnc(-c3ccc(N)cc3)s2)c(C)c1. The van der Waals surface area contributed by atoms with Gasteiger partial charge in [0.1, 0.15) is 5.01 Å². The van der Waals surface area contributed by atoms with E-state index in [2.05, 4.69) is 10.3 Å². The number of nitrogens with one attached hydrogen (secondary N) is 1. The Morgan fingerprint density at radius 2 is 2.00 bits per heavy atom. The van der Waals surface area contributed by atoms with Crippen LogP contribution < -0.4 is 11.1 Å². The van der Waals surface area contributed by atoms with Gasteiger partial charge in [-0.05, 0) is 61.4 Å². The number of aryl methyl sites for hydroxylation is 1. The Morgan fingerprint density at radius 3 is 2.68 bits per heavy atom. The zero-order valence-corrected chi connectivity index (χ0v) is 14.9. The molecule has 128 valence electrons. The molecule has 0 aliphatic carbocycles. The van der Waals surface area contributed by atoms with Gasteiger partial charge in [-0.3, -0.25) is 5.32 Å². The number of thiazole rings is 1. The summed E-state index contributed by atoms with van der Waals surface area (Å²) < 4.78 is 4.89. The van der Waals surface area contributed by atoms with Gasteiger partial charge in [0.25, 0.3) is 0 Å². The van der Waals surface area contributed by atoms with Crippen LogP contribution in [0.1, 0.15) is 12.5 Å². The van der Waals surface area contributed by atoms with Crippen LogP contribution in [0, 0.1) is 6.92 Å². The number of hydrogen-bond acceptors (Lipinski definition) is 5. The molecule has 3 N–H and O–H groups in total. The highest BCUT2D eigenvalue weighted by Gasteiger charge is 2.10. The summed E-state index contributed by atoms with van der Waals surface area (Å²) >= 11 is 1.62. The van der Waals surface area contributed by atoms with Gasteiger partial charge < -0.3 is 10.5 Å². The molecule has 0 radical (unpaired) electrons. The van der Waals surface area contributed by atoms with Gasteiger partial charge in [-0.15, -0.1) is 11.3 Å². The summed E-state index contributed by atoms with van der Waals surface area (Å²) in [4.78, 5) is 17.1. The summed E-state index contributed by atoms with van der Waals surface area (Å²) in [6.45, 7) is 4.13. The molecule has 0 aliphatic heterocycles. The van der Waals surface area contributed by atoms with Crippen LogP contribution >= 0.6 is 11.3 Å². The van der Waals surface area contributed by atoms with Gasteiger partial charge in [-0.2, -0.15) is 0 Å². The lowest BCUT2D eigenvalue weighted by molar-refractivity contribution is 0.168. The minimum atomic E-state index is -0.446. The average Bonchev–Trinajstić information content (AvgIpc) is 3.05. The molecule has 0 fully saturated rings. The monoisotopic (exact) mass is 353 g/mol. The number of carbonyl (C=O) groups excluding carboxylic acids is 1. The van der Waals surface area contributed by atoms with Crippen LogP contribution in [0.25, 0.3) is 21.0 Å². The van der Waals surface area contributed by atoms with E-state index in [4.69, 9.17) is 10.5 Å². The van der Waals surface area contributed by atoms with Crippen molar-refractivity contribution in [2.75, 3.05) is 17.7 Å². The molecule has 3 aromatic rings. The van der Waals surface area contributed by atoms with Crippen LogP contribution in [0.5, 0.6) is 0 Å². The summed E-state index contributed by atoms with van der Waals surface area (Å²) in [6.07, 6.45) is 1.43. The van der Waals surface area contributed by atoms with Crippen molar-refractivity contribution in [3.8, 4) is 21.0 Å². The van der Waals surface area contributed by atoms with Crippen LogP contribution in [0.4, 0.5) is 16.2 Å². The number of hydrogen-bond donors (Lipinski definition) is 2. The fourth-order valence-corrected chi connectivity index (χ4v) is 3.47. The Bertz CT molecular complexity index is 888. The van der Waals surface area contributed by atoms with Crippen LogP contribution in [0.2, 0.25) is 0 Å². The zero-order chi connectivity index (χ0) is 17.8. The zero-order valence-electron chi connectivity index (χ0n) is 14.1. The van der Waals surface area contributed by atoms with Gasteiger partial charge in [-0.25, -0.2) is 9.78 Å². The average molecular weight is 353 g/mol. The number of benzene rings is 2. The van der Waals surface area contributed by atoms with Crippen molar-refractivity contribution in [3.05, 3.63) is 54.2 Å². The van der Waals surface area contributed by atoms with Crippen LogP contribution in [0.15, 0.2) is 48.7 Å². The van der Waals surface area contributed by atoms with E-state index < -0.39 is 6.09 Å². The summed E-state index contributed by atoms with van der Waals surface area (Å²) in [7, 11) is 0. The predicted octanol–water partition coefficient (Wildman–Crippen LogP) is 4.94. The maximum absolute atomic E-state index is 11.5. The van der Waals surface area contributed by atoms with Crippen molar-refractivity contribution in [3.63, 3.8) is 0 Å². The molecule has 3 rings (SSSR count). The molecule has 1 heterocycles. The predicted molar refractivity (Wildman–Crippen MR) is 103 cm³/mol. The Hall–Kier alpha value is -2.86. The molecule has 0 atom stereocenters. The minimum absolute atomic E-state index is 0.345. The molecule has 0 spiro atoms.